The molecule has 0 amide bonds. The average Bonchev–Trinajstić information content (AvgIpc) is 3.57. The lowest BCUT2D eigenvalue weighted by Crippen LogP contribution is -2.17. The van der Waals surface area contributed by atoms with Crippen molar-refractivity contribution in [3.05, 3.63) is 88.5 Å². The van der Waals surface area contributed by atoms with E-state index in [4.69, 9.17) is 4.74 Å². The number of rotatable bonds is 10. The summed E-state index contributed by atoms with van der Waals surface area (Å²) in [5.74, 6) is -2.39. The third kappa shape index (κ3) is 6.00. The minimum Gasteiger partial charge on any atom is -0.486 e. The molecule has 3 aromatic rings. The molecule has 0 heterocycles. The van der Waals surface area contributed by atoms with Gasteiger partial charge in [-0.3, -0.25) is 4.79 Å². The molecule has 0 radical (unpaired) electrons. The standard InChI is InChI=1S/C34H36F4O3/c1-33(2)13-5-7-26(33)24-16-20(9-11-22(24)25-17-21(32(37)38)10-12-28(25)35)19-41-29-8-4-6-23(31(29)36)27(18-30(39)40)34(3)14-15-34/h4,6,8-12,16-17,26-27,32H,5,7,13-15,18-19H2,1-3H3,(H,39,40)/t26-,27-/m0/s1. The molecule has 0 unspecified atom stereocenters. The first-order valence-corrected chi connectivity index (χ1v) is 14.2. The highest BCUT2D eigenvalue weighted by Gasteiger charge is 2.47. The molecule has 0 spiro atoms. The summed E-state index contributed by atoms with van der Waals surface area (Å²) in [5.41, 5.74) is 2.15. The van der Waals surface area contributed by atoms with Crippen molar-refractivity contribution in [3.8, 4) is 16.9 Å². The second-order valence-corrected chi connectivity index (χ2v) is 12.6. The third-order valence-electron chi connectivity index (χ3n) is 9.30. The van der Waals surface area contributed by atoms with E-state index in [1.165, 1.54) is 12.1 Å². The Morgan fingerprint density at radius 1 is 1.00 bits per heavy atom. The number of alkyl halides is 2. The molecule has 3 nitrogen and oxygen atoms in total. The zero-order valence-electron chi connectivity index (χ0n) is 23.7. The van der Waals surface area contributed by atoms with Crippen molar-refractivity contribution in [1.29, 1.82) is 0 Å². The number of aliphatic carboxylic acids is 1. The lowest BCUT2D eigenvalue weighted by atomic mass is 9.75. The Morgan fingerprint density at radius 3 is 2.39 bits per heavy atom. The predicted octanol–water partition coefficient (Wildman–Crippen LogP) is 9.80. The van der Waals surface area contributed by atoms with Crippen LogP contribution in [0.25, 0.3) is 11.1 Å². The lowest BCUT2D eigenvalue weighted by Gasteiger charge is -2.30. The van der Waals surface area contributed by atoms with Crippen LogP contribution in [0.2, 0.25) is 0 Å². The maximum atomic E-state index is 15.7. The zero-order valence-corrected chi connectivity index (χ0v) is 23.7. The number of carboxylic acid groups (broad SMARTS) is 1. The number of hydrogen-bond donors (Lipinski definition) is 1. The summed E-state index contributed by atoms with van der Waals surface area (Å²) in [6, 6.07) is 13.7. The Kier molecular flexibility index (Phi) is 7.92. The van der Waals surface area contributed by atoms with Gasteiger partial charge in [-0.1, -0.05) is 63.6 Å². The minimum absolute atomic E-state index is 0.0429. The van der Waals surface area contributed by atoms with Crippen molar-refractivity contribution in [2.24, 2.45) is 10.8 Å². The van der Waals surface area contributed by atoms with Crippen LogP contribution in [-0.4, -0.2) is 11.1 Å². The average molecular weight is 569 g/mol. The van der Waals surface area contributed by atoms with Gasteiger partial charge in [0.1, 0.15) is 12.4 Å². The highest BCUT2D eigenvalue weighted by molar-refractivity contribution is 5.70. The summed E-state index contributed by atoms with van der Waals surface area (Å²) in [7, 11) is 0. The first-order valence-electron chi connectivity index (χ1n) is 14.2. The van der Waals surface area contributed by atoms with Crippen LogP contribution in [0.3, 0.4) is 0 Å². The van der Waals surface area contributed by atoms with Gasteiger partial charge in [-0.05, 0) is 82.9 Å². The molecule has 218 valence electrons. The van der Waals surface area contributed by atoms with Crippen LogP contribution >= 0.6 is 0 Å². The van der Waals surface area contributed by atoms with E-state index >= 15 is 8.78 Å². The van der Waals surface area contributed by atoms with Gasteiger partial charge < -0.3 is 9.84 Å². The van der Waals surface area contributed by atoms with E-state index in [0.717, 1.165) is 55.4 Å². The lowest BCUT2D eigenvalue weighted by molar-refractivity contribution is -0.137. The van der Waals surface area contributed by atoms with Gasteiger partial charge in [-0.2, -0.15) is 0 Å². The van der Waals surface area contributed by atoms with Gasteiger partial charge in [-0.15, -0.1) is 0 Å². The molecule has 0 aliphatic heterocycles. The Hall–Kier alpha value is -3.35. The highest BCUT2D eigenvalue weighted by Crippen LogP contribution is 2.57. The molecule has 1 N–H and O–H groups in total. The van der Waals surface area contributed by atoms with Crippen molar-refractivity contribution < 1.29 is 32.2 Å². The van der Waals surface area contributed by atoms with E-state index < -0.39 is 29.9 Å². The summed E-state index contributed by atoms with van der Waals surface area (Å²) in [5, 5.41) is 9.45. The van der Waals surface area contributed by atoms with Crippen LogP contribution in [0, 0.1) is 22.5 Å². The number of hydrogen-bond acceptors (Lipinski definition) is 2. The SMILES string of the molecule is CC1(C)CCC[C@H]1c1cc(COc2cccc([C@H](CC(=O)O)C3(C)CC3)c2F)ccc1-c1cc(C(F)F)ccc1F. The Labute approximate surface area is 238 Å². The van der Waals surface area contributed by atoms with Crippen molar-refractivity contribution in [3.63, 3.8) is 0 Å². The van der Waals surface area contributed by atoms with E-state index in [0.29, 0.717) is 11.1 Å². The molecular formula is C34H36F4O3. The van der Waals surface area contributed by atoms with Crippen LogP contribution in [-0.2, 0) is 11.4 Å². The highest BCUT2D eigenvalue weighted by atomic mass is 19.3. The minimum atomic E-state index is -2.71. The summed E-state index contributed by atoms with van der Waals surface area (Å²) >= 11 is 0. The number of carbonyl (C=O) groups is 1. The molecule has 2 saturated carbocycles. The van der Waals surface area contributed by atoms with Gasteiger partial charge in [0.2, 0.25) is 0 Å². The molecule has 2 aliphatic carbocycles. The largest absolute Gasteiger partial charge is 0.486 e. The van der Waals surface area contributed by atoms with Crippen molar-refractivity contribution >= 4 is 5.97 Å². The smallest absolute Gasteiger partial charge is 0.303 e. The number of carboxylic acids is 1. The van der Waals surface area contributed by atoms with E-state index in [2.05, 4.69) is 13.8 Å². The molecule has 0 bridgehead atoms. The van der Waals surface area contributed by atoms with Crippen molar-refractivity contribution in [1.82, 2.24) is 0 Å². The van der Waals surface area contributed by atoms with Gasteiger partial charge in [0.15, 0.2) is 11.6 Å². The molecule has 41 heavy (non-hydrogen) atoms. The van der Waals surface area contributed by atoms with Gasteiger partial charge in [0.25, 0.3) is 6.43 Å². The molecule has 3 aromatic carbocycles. The molecular weight excluding hydrogens is 532 g/mol. The quantitative estimate of drug-likeness (QED) is 0.248. The zero-order chi connectivity index (χ0) is 29.5. The van der Waals surface area contributed by atoms with Gasteiger partial charge >= 0.3 is 5.97 Å². The van der Waals surface area contributed by atoms with Gasteiger partial charge in [0.05, 0.1) is 6.42 Å². The van der Waals surface area contributed by atoms with E-state index in [1.807, 2.05) is 13.0 Å². The Bertz CT molecular complexity index is 1440. The fourth-order valence-corrected chi connectivity index (χ4v) is 6.55. The van der Waals surface area contributed by atoms with E-state index in [-0.39, 0.29) is 46.7 Å². The Balaban J connectivity index is 1.47. The molecule has 5 rings (SSSR count). The number of benzene rings is 3. The molecule has 2 atom stereocenters. The van der Waals surface area contributed by atoms with E-state index in [9.17, 15) is 18.7 Å². The van der Waals surface area contributed by atoms with Gasteiger partial charge in [0, 0.05) is 17.0 Å². The second kappa shape index (κ2) is 11.1. The number of halogens is 4. The predicted molar refractivity (Wildman–Crippen MR) is 150 cm³/mol. The molecule has 0 saturated heterocycles. The summed E-state index contributed by atoms with van der Waals surface area (Å²) in [6.45, 7) is 6.36. The topological polar surface area (TPSA) is 46.5 Å². The van der Waals surface area contributed by atoms with Crippen LogP contribution in [0.4, 0.5) is 17.6 Å². The first kappa shape index (κ1) is 29.2. The van der Waals surface area contributed by atoms with E-state index in [1.54, 1.807) is 24.3 Å². The van der Waals surface area contributed by atoms with Crippen molar-refractivity contribution in [2.75, 3.05) is 0 Å². The molecule has 2 fully saturated rings. The fraction of sp³-hybridized carbons (Fsp3) is 0.441. The Morgan fingerprint density at radius 2 is 1.76 bits per heavy atom. The van der Waals surface area contributed by atoms with Crippen LogP contribution in [0.15, 0.2) is 54.6 Å². The summed E-state index contributed by atoms with van der Waals surface area (Å²) in [4.78, 5) is 11.5. The van der Waals surface area contributed by atoms with Crippen LogP contribution in [0.1, 0.15) is 99.8 Å². The summed E-state index contributed by atoms with van der Waals surface area (Å²) < 4.78 is 63.6. The molecule has 0 aromatic heterocycles. The molecule has 2 aliphatic rings. The van der Waals surface area contributed by atoms with Crippen LogP contribution < -0.4 is 4.74 Å². The monoisotopic (exact) mass is 568 g/mol. The normalized spacial score (nSPS) is 19.8. The third-order valence-corrected chi connectivity index (χ3v) is 9.30. The number of ether oxygens (including phenoxy) is 1. The maximum Gasteiger partial charge on any atom is 0.303 e. The maximum absolute atomic E-state index is 15.7. The van der Waals surface area contributed by atoms with Crippen molar-refractivity contribution in [2.45, 2.75) is 84.2 Å². The summed E-state index contributed by atoms with van der Waals surface area (Å²) in [6.07, 6.45) is 1.73. The fourth-order valence-electron chi connectivity index (χ4n) is 6.55. The van der Waals surface area contributed by atoms with Gasteiger partial charge in [-0.25, -0.2) is 17.6 Å². The second-order valence-electron chi connectivity index (χ2n) is 12.6. The first-order chi connectivity index (χ1) is 19.4. The van der Waals surface area contributed by atoms with Crippen LogP contribution in [0.5, 0.6) is 5.75 Å². The molecule has 7 heteroatoms.